The van der Waals surface area contributed by atoms with E-state index in [-0.39, 0.29) is 30.3 Å². The summed E-state index contributed by atoms with van der Waals surface area (Å²) in [5.41, 5.74) is 0.856. The van der Waals surface area contributed by atoms with Crippen molar-refractivity contribution in [2.24, 2.45) is 5.92 Å². The third-order valence-electron chi connectivity index (χ3n) is 3.80. The topological polar surface area (TPSA) is 41.1 Å². The summed E-state index contributed by atoms with van der Waals surface area (Å²) in [5.74, 6) is 0.175. The lowest BCUT2D eigenvalue weighted by Gasteiger charge is -2.28. The first kappa shape index (κ1) is 18.6. The molecule has 0 aliphatic carbocycles. The van der Waals surface area contributed by atoms with E-state index in [0.717, 1.165) is 24.9 Å². The molecule has 21 heavy (non-hydrogen) atoms. The van der Waals surface area contributed by atoms with Crippen molar-refractivity contribution in [3.8, 4) is 0 Å². The molecule has 1 aliphatic heterocycles. The molecule has 1 aliphatic rings. The molecule has 1 unspecified atom stereocenters. The first-order valence-electron chi connectivity index (χ1n) is 6.96. The number of nitrogens with one attached hydrogen (secondary N) is 2. The largest absolute Gasteiger partial charge is 0.349 e. The minimum atomic E-state index is -0.140. The van der Waals surface area contributed by atoms with Gasteiger partial charge in [-0.2, -0.15) is 0 Å². The number of amides is 1. The fourth-order valence-electron chi connectivity index (χ4n) is 2.63. The molecule has 6 heteroatoms. The SMILES string of the molecule is CC(NC(=O)[C@H]1CCN[C@@H](C)C1)c1cccc(Cl)c1Cl.Cl. The van der Waals surface area contributed by atoms with E-state index in [4.69, 9.17) is 23.2 Å². The molecule has 1 aromatic carbocycles. The van der Waals surface area contributed by atoms with E-state index >= 15 is 0 Å². The van der Waals surface area contributed by atoms with E-state index in [9.17, 15) is 4.79 Å². The molecule has 118 valence electrons. The zero-order valence-electron chi connectivity index (χ0n) is 12.2. The van der Waals surface area contributed by atoms with Crippen LogP contribution in [0.4, 0.5) is 0 Å². The molecule has 0 radical (unpaired) electrons. The van der Waals surface area contributed by atoms with Crippen LogP contribution in [0, 0.1) is 5.92 Å². The number of piperidine rings is 1. The van der Waals surface area contributed by atoms with Gasteiger partial charge in [-0.15, -0.1) is 12.4 Å². The number of hydrogen-bond donors (Lipinski definition) is 2. The molecule has 1 saturated heterocycles. The Morgan fingerprint density at radius 3 is 2.81 bits per heavy atom. The highest BCUT2D eigenvalue weighted by Gasteiger charge is 2.26. The summed E-state index contributed by atoms with van der Waals surface area (Å²) in [6.07, 6.45) is 1.76. The Kier molecular flexibility index (Phi) is 7.28. The van der Waals surface area contributed by atoms with Gasteiger partial charge in [0.05, 0.1) is 16.1 Å². The molecule has 3 nitrogen and oxygen atoms in total. The second kappa shape index (κ2) is 8.23. The van der Waals surface area contributed by atoms with Crippen molar-refractivity contribution >= 4 is 41.5 Å². The number of benzene rings is 1. The van der Waals surface area contributed by atoms with E-state index in [1.54, 1.807) is 6.07 Å². The second-order valence-corrected chi connectivity index (χ2v) is 6.23. The van der Waals surface area contributed by atoms with Gasteiger partial charge >= 0.3 is 0 Å². The smallest absolute Gasteiger partial charge is 0.223 e. The van der Waals surface area contributed by atoms with Crippen LogP contribution in [0.25, 0.3) is 0 Å². The van der Waals surface area contributed by atoms with Crippen molar-refractivity contribution in [1.82, 2.24) is 10.6 Å². The first-order chi connectivity index (χ1) is 9.49. The molecule has 0 aromatic heterocycles. The van der Waals surface area contributed by atoms with E-state index in [1.165, 1.54) is 0 Å². The van der Waals surface area contributed by atoms with Crippen molar-refractivity contribution in [3.05, 3.63) is 33.8 Å². The lowest BCUT2D eigenvalue weighted by Crippen LogP contribution is -2.43. The molecule has 1 heterocycles. The van der Waals surface area contributed by atoms with Gasteiger partial charge in [0.15, 0.2) is 0 Å². The Hall–Kier alpha value is -0.480. The number of rotatable bonds is 3. The number of hydrogen-bond acceptors (Lipinski definition) is 2. The van der Waals surface area contributed by atoms with E-state index in [1.807, 2.05) is 19.1 Å². The quantitative estimate of drug-likeness (QED) is 0.865. The van der Waals surface area contributed by atoms with Crippen LogP contribution in [0.15, 0.2) is 18.2 Å². The summed E-state index contributed by atoms with van der Waals surface area (Å²) in [6.45, 7) is 4.93. The minimum Gasteiger partial charge on any atom is -0.349 e. The maximum atomic E-state index is 12.3. The highest BCUT2D eigenvalue weighted by atomic mass is 35.5. The molecule has 0 saturated carbocycles. The molecule has 0 spiro atoms. The lowest BCUT2D eigenvalue weighted by atomic mass is 9.92. The van der Waals surface area contributed by atoms with E-state index in [0.29, 0.717) is 16.1 Å². The van der Waals surface area contributed by atoms with Crippen molar-refractivity contribution < 1.29 is 4.79 Å². The zero-order valence-corrected chi connectivity index (χ0v) is 14.5. The van der Waals surface area contributed by atoms with Gasteiger partial charge in [0.25, 0.3) is 0 Å². The van der Waals surface area contributed by atoms with Gasteiger partial charge in [-0.25, -0.2) is 0 Å². The Morgan fingerprint density at radius 1 is 1.43 bits per heavy atom. The minimum absolute atomic E-state index is 0. The molecular formula is C15H21Cl3N2O. The lowest BCUT2D eigenvalue weighted by molar-refractivity contribution is -0.126. The molecule has 3 atom stereocenters. The van der Waals surface area contributed by atoms with E-state index < -0.39 is 0 Å². The first-order valence-corrected chi connectivity index (χ1v) is 7.72. The monoisotopic (exact) mass is 350 g/mol. The van der Waals surface area contributed by atoms with Gasteiger partial charge in [0, 0.05) is 12.0 Å². The van der Waals surface area contributed by atoms with E-state index in [2.05, 4.69) is 17.6 Å². The Balaban J connectivity index is 0.00000220. The summed E-state index contributed by atoms with van der Waals surface area (Å²) in [7, 11) is 0. The van der Waals surface area contributed by atoms with Crippen molar-refractivity contribution in [2.75, 3.05) is 6.54 Å². The van der Waals surface area contributed by atoms with Crippen molar-refractivity contribution in [2.45, 2.75) is 38.8 Å². The number of carbonyl (C=O) groups excluding carboxylic acids is 1. The van der Waals surface area contributed by atoms with Gasteiger partial charge in [-0.3, -0.25) is 4.79 Å². The van der Waals surface area contributed by atoms with Crippen LogP contribution in [0.1, 0.15) is 38.3 Å². The normalized spacial score (nSPS) is 23.0. The standard InChI is InChI=1S/C15H20Cl2N2O.ClH/c1-9-8-11(6-7-18-9)15(20)19-10(2)12-4-3-5-13(16)14(12)17;/h3-5,9-11,18H,6-8H2,1-2H3,(H,19,20);1H/t9-,10?,11-;/m0./s1. The van der Waals surface area contributed by atoms with Crippen LogP contribution in [-0.4, -0.2) is 18.5 Å². The number of halogens is 3. The molecule has 1 aromatic rings. The molecule has 2 N–H and O–H groups in total. The third-order valence-corrected chi connectivity index (χ3v) is 4.63. The van der Waals surface area contributed by atoms with Gasteiger partial charge < -0.3 is 10.6 Å². The highest BCUT2D eigenvalue weighted by Crippen LogP contribution is 2.30. The van der Waals surface area contributed by atoms with Crippen LogP contribution in [0.5, 0.6) is 0 Å². The molecule has 0 bridgehead atoms. The van der Waals surface area contributed by atoms with Crippen LogP contribution in [-0.2, 0) is 4.79 Å². The molecule has 1 amide bonds. The van der Waals surface area contributed by atoms with Gasteiger partial charge in [0.2, 0.25) is 5.91 Å². The van der Waals surface area contributed by atoms with Crippen LogP contribution >= 0.6 is 35.6 Å². The Morgan fingerprint density at radius 2 is 2.14 bits per heavy atom. The van der Waals surface area contributed by atoms with Crippen LogP contribution in [0.2, 0.25) is 10.0 Å². The van der Waals surface area contributed by atoms with Gasteiger partial charge in [-0.1, -0.05) is 35.3 Å². The summed E-state index contributed by atoms with van der Waals surface area (Å²) >= 11 is 12.2. The number of carbonyl (C=O) groups is 1. The molecule has 2 rings (SSSR count). The third kappa shape index (κ3) is 4.75. The summed E-state index contributed by atoms with van der Waals surface area (Å²) < 4.78 is 0. The fraction of sp³-hybridized carbons (Fsp3) is 0.533. The predicted octanol–water partition coefficient (Wildman–Crippen LogP) is 3.98. The van der Waals surface area contributed by atoms with Crippen molar-refractivity contribution in [1.29, 1.82) is 0 Å². The molecular weight excluding hydrogens is 331 g/mol. The average molecular weight is 352 g/mol. The summed E-state index contributed by atoms with van der Waals surface area (Å²) in [5, 5.41) is 7.42. The second-order valence-electron chi connectivity index (χ2n) is 5.45. The van der Waals surface area contributed by atoms with Gasteiger partial charge in [0.1, 0.15) is 0 Å². The van der Waals surface area contributed by atoms with Crippen molar-refractivity contribution in [3.63, 3.8) is 0 Å². The molecule has 1 fully saturated rings. The Labute approximate surface area is 142 Å². The highest BCUT2D eigenvalue weighted by molar-refractivity contribution is 6.42. The van der Waals surface area contributed by atoms with Crippen LogP contribution in [0.3, 0.4) is 0 Å². The zero-order chi connectivity index (χ0) is 14.7. The summed E-state index contributed by atoms with van der Waals surface area (Å²) in [6, 6.07) is 5.74. The predicted molar refractivity (Wildman–Crippen MR) is 90.5 cm³/mol. The fourth-order valence-corrected chi connectivity index (χ4v) is 3.11. The average Bonchev–Trinajstić information content (AvgIpc) is 2.41. The Bertz CT molecular complexity index is 496. The van der Waals surface area contributed by atoms with Crippen LogP contribution < -0.4 is 10.6 Å². The maximum Gasteiger partial charge on any atom is 0.223 e. The van der Waals surface area contributed by atoms with Gasteiger partial charge in [-0.05, 0) is 44.9 Å². The maximum absolute atomic E-state index is 12.3. The summed E-state index contributed by atoms with van der Waals surface area (Å²) in [4.78, 5) is 12.3.